The number of benzene rings is 2. The van der Waals surface area contributed by atoms with E-state index in [1.54, 1.807) is 24.3 Å². The van der Waals surface area contributed by atoms with E-state index in [9.17, 15) is 17.6 Å². The largest absolute Gasteiger partial charge is 0.472 e. The first kappa shape index (κ1) is 21.0. The second-order valence-electron chi connectivity index (χ2n) is 6.73. The van der Waals surface area contributed by atoms with Gasteiger partial charge in [0.05, 0.1) is 23.8 Å². The molecule has 2 aromatic carbocycles. The standard InChI is InChI=1S/C22H14F4N4O2/c23-17-5-4-13(9-16(17)20(27)30-31)12-2-1-3-14(8-12)21-28-18(15-6-7-32-11-15)10-19(29-21)22(24,25)26/h1-11,31H,(H2,27,30). The van der Waals surface area contributed by atoms with Gasteiger partial charge >= 0.3 is 6.18 Å². The van der Waals surface area contributed by atoms with Crippen LogP contribution >= 0.6 is 0 Å². The van der Waals surface area contributed by atoms with Crippen LogP contribution in [0.3, 0.4) is 0 Å². The Morgan fingerprint density at radius 2 is 1.69 bits per heavy atom. The van der Waals surface area contributed by atoms with Crippen LogP contribution in [0.4, 0.5) is 17.6 Å². The van der Waals surface area contributed by atoms with Gasteiger partial charge in [-0.2, -0.15) is 13.2 Å². The molecule has 0 radical (unpaired) electrons. The van der Waals surface area contributed by atoms with E-state index in [0.29, 0.717) is 22.3 Å². The quantitative estimate of drug-likeness (QED) is 0.147. The molecule has 0 bridgehead atoms. The van der Waals surface area contributed by atoms with Crippen molar-refractivity contribution in [2.24, 2.45) is 10.9 Å². The van der Waals surface area contributed by atoms with Gasteiger partial charge in [-0.1, -0.05) is 29.4 Å². The van der Waals surface area contributed by atoms with E-state index in [1.807, 2.05) is 0 Å². The Bertz CT molecular complexity index is 1300. The maximum atomic E-state index is 14.0. The molecule has 0 saturated heterocycles. The fourth-order valence-electron chi connectivity index (χ4n) is 3.07. The Balaban J connectivity index is 1.83. The first-order chi connectivity index (χ1) is 15.3. The van der Waals surface area contributed by atoms with Crippen molar-refractivity contribution in [1.82, 2.24) is 9.97 Å². The highest BCUT2D eigenvalue weighted by atomic mass is 19.4. The van der Waals surface area contributed by atoms with Crippen molar-refractivity contribution < 1.29 is 27.2 Å². The average Bonchev–Trinajstić information content (AvgIpc) is 3.33. The van der Waals surface area contributed by atoms with Crippen LogP contribution < -0.4 is 5.73 Å². The summed E-state index contributed by atoms with van der Waals surface area (Å²) < 4.78 is 59.3. The molecule has 6 nitrogen and oxygen atoms in total. The molecular weight excluding hydrogens is 428 g/mol. The van der Waals surface area contributed by atoms with Gasteiger partial charge in [0.15, 0.2) is 11.7 Å². The molecule has 4 rings (SSSR count). The molecule has 10 heteroatoms. The van der Waals surface area contributed by atoms with Crippen molar-refractivity contribution in [1.29, 1.82) is 0 Å². The summed E-state index contributed by atoms with van der Waals surface area (Å²) in [5.41, 5.74) is 6.07. The summed E-state index contributed by atoms with van der Waals surface area (Å²) in [4.78, 5) is 7.96. The molecule has 2 heterocycles. The molecule has 0 fully saturated rings. The topological polar surface area (TPSA) is 97.5 Å². The minimum Gasteiger partial charge on any atom is -0.472 e. The molecule has 0 unspecified atom stereocenters. The number of oxime groups is 1. The van der Waals surface area contributed by atoms with Gasteiger partial charge in [-0.3, -0.25) is 0 Å². The molecule has 0 amide bonds. The molecule has 0 spiro atoms. The summed E-state index contributed by atoms with van der Waals surface area (Å²) in [5, 5.41) is 11.7. The lowest BCUT2D eigenvalue weighted by Gasteiger charge is -2.11. The molecular formula is C22H14F4N4O2. The van der Waals surface area contributed by atoms with Crippen LogP contribution in [0, 0.1) is 5.82 Å². The zero-order valence-corrected chi connectivity index (χ0v) is 16.1. The number of nitrogens with two attached hydrogens (primary N) is 1. The van der Waals surface area contributed by atoms with Crippen LogP contribution in [0.5, 0.6) is 0 Å². The number of furan rings is 1. The van der Waals surface area contributed by atoms with E-state index in [4.69, 9.17) is 15.4 Å². The first-order valence-electron chi connectivity index (χ1n) is 9.13. The molecule has 0 saturated carbocycles. The van der Waals surface area contributed by atoms with Crippen molar-refractivity contribution in [2.45, 2.75) is 6.18 Å². The minimum atomic E-state index is -4.68. The maximum Gasteiger partial charge on any atom is 0.433 e. The Kier molecular flexibility index (Phi) is 5.35. The Labute approximate surface area is 178 Å². The summed E-state index contributed by atoms with van der Waals surface area (Å²) >= 11 is 0. The van der Waals surface area contributed by atoms with Crippen LogP contribution in [-0.2, 0) is 6.18 Å². The van der Waals surface area contributed by atoms with E-state index in [0.717, 1.165) is 12.1 Å². The third-order valence-electron chi connectivity index (χ3n) is 4.64. The number of nitrogens with zero attached hydrogens (tertiary/aromatic N) is 3. The van der Waals surface area contributed by atoms with Gasteiger partial charge in [-0.25, -0.2) is 14.4 Å². The molecule has 0 aliphatic heterocycles. The minimum absolute atomic E-state index is 0.0532. The number of alkyl halides is 3. The normalized spacial score (nSPS) is 12.2. The SMILES string of the molecule is N/C(=N/O)c1cc(-c2cccc(-c3nc(-c4ccoc4)cc(C(F)(F)F)n3)c2)ccc1F. The number of halogens is 4. The van der Waals surface area contributed by atoms with Crippen molar-refractivity contribution in [3.8, 4) is 33.8 Å². The van der Waals surface area contributed by atoms with E-state index in [2.05, 4.69) is 15.1 Å². The van der Waals surface area contributed by atoms with Crippen molar-refractivity contribution in [3.63, 3.8) is 0 Å². The number of amidine groups is 1. The van der Waals surface area contributed by atoms with Crippen LogP contribution in [0.25, 0.3) is 33.8 Å². The zero-order chi connectivity index (χ0) is 22.9. The average molecular weight is 442 g/mol. The first-order valence-corrected chi connectivity index (χ1v) is 9.13. The van der Waals surface area contributed by atoms with E-state index < -0.39 is 23.5 Å². The van der Waals surface area contributed by atoms with Gasteiger partial charge in [-0.05, 0) is 41.5 Å². The van der Waals surface area contributed by atoms with Gasteiger partial charge in [0.2, 0.25) is 0 Å². The second-order valence-corrected chi connectivity index (χ2v) is 6.73. The number of hydrogen-bond donors (Lipinski definition) is 2. The van der Waals surface area contributed by atoms with Crippen LogP contribution in [-0.4, -0.2) is 21.0 Å². The number of aromatic nitrogens is 2. The lowest BCUT2D eigenvalue weighted by Crippen LogP contribution is -2.15. The third-order valence-corrected chi connectivity index (χ3v) is 4.64. The molecule has 4 aromatic rings. The molecule has 0 aliphatic carbocycles. The van der Waals surface area contributed by atoms with E-state index >= 15 is 0 Å². The smallest absolute Gasteiger partial charge is 0.433 e. The van der Waals surface area contributed by atoms with E-state index in [-0.39, 0.29) is 17.1 Å². The predicted octanol–water partition coefficient (Wildman–Crippen LogP) is 5.32. The summed E-state index contributed by atoms with van der Waals surface area (Å²) in [5.74, 6) is -1.24. The third kappa shape index (κ3) is 4.15. The van der Waals surface area contributed by atoms with Gasteiger partial charge in [0.1, 0.15) is 11.5 Å². The van der Waals surface area contributed by atoms with Gasteiger partial charge in [0.25, 0.3) is 0 Å². The summed E-state index contributed by atoms with van der Waals surface area (Å²) in [6, 6.07) is 12.7. The highest BCUT2D eigenvalue weighted by molar-refractivity contribution is 5.98. The molecule has 3 N–H and O–H groups in total. The Hall–Kier alpha value is -4.21. The maximum absolute atomic E-state index is 14.0. The summed E-state index contributed by atoms with van der Waals surface area (Å²) in [7, 11) is 0. The van der Waals surface area contributed by atoms with Gasteiger partial charge in [0, 0.05) is 11.1 Å². The van der Waals surface area contributed by atoms with Crippen LogP contribution in [0.2, 0.25) is 0 Å². The fourth-order valence-corrected chi connectivity index (χ4v) is 3.07. The molecule has 0 atom stereocenters. The number of rotatable bonds is 4. The lowest BCUT2D eigenvalue weighted by molar-refractivity contribution is -0.141. The molecule has 2 aromatic heterocycles. The van der Waals surface area contributed by atoms with Crippen molar-refractivity contribution in [2.75, 3.05) is 0 Å². The van der Waals surface area contributed by atoms with Crippen LogP contribution in [0.15, 0.2) is 76.7 Å². The fraction of sp³-hybridized carbons (Fsp3) is 0.0455. The molecule has 0 aliphatic rings. The van der Waals surface area contributed by atoms with Crippen molar-refractivity contribution >= 4 is 5.84 Å². The van der Waals surface area contributed by atoms with Gasteiger partial charge < -0.3 is 15.4 Å². The zero-order valence-electron chi connectivity index (χ0n) is 16.1. The van der Waals surface area contributed by atoms with Crippen LogP contribution in [0.1, 0.15) is 11.3 Å². The predicted molar refractivity (Wildman–Crippen MR) is 108 cm³/mol. The second kappa shape index (κ2) is 8.14. The van der Waals surface area contributed by atoms with Gasteiger partial charge in [-0.15, -0.1) is 0 Å². The summed E-state index contributed by atoms with van der Waals surface area (Å²) in [6.45, 7) is 0. The lowest BCUT2D eigenvalue weighted by atomic mass is 10.00. The Morgan fingerprint density at radius 1 is 0.938 bits per heavy atom. The van der Waals surface area contributed by atoms with Crippen molar-refractivity contribution in [3.05, 3.63) is 84.2 Å². The highest BCUT2D eigenvalue weighted by Gasteiger charge is 2.34. The Morgan fingerprint density at radius 3 is 2.38 bits per heavy atom. The molecule has 162 valence electrons. The summed E-state index contributed by atoms with van der Waals surface area (Å²) in [6.07, 6.45) is -2.06. The molecule has 32 heavy (non-hydrogen) atoms. The number of hydrogen-bond acceptors (Lipinski definition) is 5. The monoisotopic (exact) mass is 442 g/mol. The van der Waals surface area contributed by atoms with E-state index in [1.165, 1.54) is 30.7 Å². The highest BCUT2D eigenvalue weighted by Crippen LogP contribution is 2.33.